The standard InChI is InChI=1S/C20H27ClN2O5/c1-20(2,3)19(26)23-9-7-13(8-10-23)18(25)28-12-17(24)22-15-11-14(21)5-6-16(15)27-4/h5-6,11,13H,7-10,12H2,1-4H3,(H,22,24). The highest BCUT2D eigenvalue weighted by atomic mass is 35.5. The van der Waals surface area contributed by atoms with Gasteiger partial charge in [-0.2, -0.15) is 0 Å². The lowest BCUT2D eigenvalue weighted by atomic mass is 9.91. The average Bonchev–Trinajstić information content (AvgIpc) is 2.65. The third-order valence-corrected chi connectivity index (χ3v) is 4.77. The molecule has 0 unspecified atom stereocenters. The normalized spacial score (nSPS) is 15.1. The molecule has 28 heavy (non-hydrogen) atoms. The topological polar surface area (TPSA) is 84.9 Å². The maximum Gasteiger partial charge on any atom is 0.309 e. The largest absolute Gasteiger partial charge is 0.495 e. The van der Waals surface area contributed by atoms with Crippen LogP contribution in [0, 0.1) is 11.3 Å². The quantitative estimate of drug-likeness (QED) is 0.754. The van der Waals surface area contributed by atoms with Gasteiger partial charge in [-0.1, -0.05) is 32.4 Å². The zero-order valence-electron chi connectivity index (χ0n) is 16.7. The summed E-state index contributed by atoms with van der Waals surface area (Å²) in [6, 6.07) is 4.84. The summed E-state index contributed by atoms with van der Waals surface area (Å²) < 4.78 is 10.3. The van der Waals surface area contributed by atoms with Crippen molar-refractivity contribution in [2.75, 3.05) is 32.1 Å². The van der Waals surface area contributed by atoms with Crippen molar-refractivity contribution in [2.45, 2.75) is 33.6 Å². The lowest BCUT2D eigenvalue weighted by Gasteiger charge is -2.34. The highest BCUT2D eigenvalue weighted by molar-refractivity contribution is 6.31. The Labute approximate surface area is 170 Å². The Hall–Kier alpha value is -2.28. The van der Waals surface area contributed by atoms with Crippen LogP contribution in [0.15, 0.2) is 18.2 Å². The fraction of sp³-hybridized carbons (Fsp3) is 0.550. The number of hydrogen-bond donors (Lipinski definition) is 1. The number of ether oxygens (including phenoxy) is 2. The molecule has 0 bridgehead atoms. The molecule has 1 heterocycles. The van der Waals surface area contributed by atoms with Gasteiger partial charge in [0.25, 0.3) is 5.91 Å². The smallest absolute Gasteiger partial charge is 0.309 e. The van der Waals surface area contributed by atoms with Crippen LogP contribution in [0.2, 0.25) is 5.02 Å². The summed E-state index contributed by atoms with van der Waals surface area (Å²) in [6.45, 7) is 6.27. The lowest BCUT2D eigenvalue weighted by Crippen LogP contribution is -2.45. The van der Waals surface area contributed by atoms with E-state index < -0.39 is 23.9 Å². The second-order valence-electron chi connectivity index (χ2n) is 7.82. The second-order valence-corrected chi connectivity index (χ2v) is 8.25. The van der Waals surface area contributed by atoms with Gasteiger partial charge in [0.15, 0.2) is 6.61 Å². The molecule has 0 atom stereocenters. The first-order valence-corrected chi connectivity index (χ1v) is 9.59. The van der Waals surface area contributed by atoms with Crippen LogP contribution in [0.1, 0.15) is 33.6 Å². The van der Waals surface area contributed by atoms with Gasteiger partial charge < -0.3 is 19.7 Å². The van der Waals surface area contributed by atoms with Crippen LogP contribution in [-0.2, 0) is 19.1 Å². The number of carbonyl (C=O) groups excluding carboxylic acids is 3. The third kappa shape index (κ3) is 5.86. The number of nitrogens with one attached hydrogen (secondary N) is 1. The Balaban J connectivity index is 1.81. The molecule has 1 aliphatic rings. The van der Waals surface area contributed by atoms with Crippen molar-refractivity contribution in [1.82, 2.24) is 4.90 Å². The monoisotopic (exact) mass is 410 g/mol. The van der Waals surface area contributed by atoms with Gasteiger partial charge in [-0.3, -0.25) is 14.4 Å². The lowest BCUT2D eigenvalue weighted by molar-refractivity contribution is -0.155. The van der Waals surface area contributed by atoms with Crippen LogP contribution < -0.4 is 10.1 Å². The number of benzene rings is 1. The zero-order valence-corrected chi connectivity index (χ0v) is 17.5. The van der Waals surface area contributed by atoms with Crippen LogP contribution in [-0.4, -0.2) is 49.5 Å². The molecule has 7 nitrogen and oxygen atoms in total. The van der Waals surface area contributed by atoms with Gasteiger partial charge in [0, 0.05) is 23.5 Å². The maximum absolute atomic E-state index is 12.3. The first-order chi connectivity index (χ1) is 13.1. The molecule has 1 aliphatic heterocycles. The Bertz CT molecular complexity index is 737. The molecule has 2 amide bonds. The third-order valence-electron chi connectivity index (χ3n) is 4.54. The van der Waals surface area contributed by atoms with E-state index >= 15 is 0 Å². The minimum atomic E-state index is -0.478. The zero-order chi connectivity index (χ0) is 20.9. The molecular weight excluding hydrogens is 384 g/mol. The maximum atomic E-state index is 12.3. The molecule has 0 aromatic heterocycles. The molecule has 0 aliphatic carbocycles. The number of amides is 2. The highest BCUT2D eigenvalue weighted by Gasteiger charge is 2.33. The number of esters is 1. The van der Waals surface area contributed by atoms with Gasteiger partial charge in [-0.05, 0) is 31.0 Å². The van der Waals surface area contributed by atoms with E-state index in [4.69, 9.17) is 21.1 Å². The summed E-state index contributed by atoms with van der Waals surface area (Å²) in [5.41, 5.74) is -0.0302. The predicted molar refractivity (Wildman–Crippen MR) is 106 cm³/mol. The summed E-state index contributed by atoms with van der Waals surface area (Å²) in [5.74, 6) is -0.669. The Morgan fingerprint density at radius 3 is 2.43 bits per heavy atom. The van der Waals surface area contributed by atoms with E-state index in [1.807, 2.05) is 20.8 Å². The minimum absolute atomic E-state index is 0.0779. The van der Waals surface area contributed by atoms with Gasteiger partial charge in [-0.25, -0.2) is 0 Å². The first kappa shape index (κ1) is 22.0. The van der Waals surface area contributed by atoms with E-state index in [0.29, 0.717) is 42.4 Å². The molecule has 0 spiro atoms. The number of anilines is 1. The second kappa shape index (κ2) is 9.28. The summed E-state index contributed by atoms with van der Waals surface area (Å²) in [4.78, 5) is 38.4. The summed E-state index contributed by atoms with van der Waals surface area (Å²) in [6.07, 6.45) is 1.06. The van der Waals surface area contributed by atoms with Crippen molar-refractivity contribution in [3.8, 4) is 5.75 Å². The number of rotatable bonds is 5. The first-order valence-electron chi connectivity index (χ1n) is 9.21. The molecule has 1 fully saturated rings. The average molecular weight is 411 g/mol. The van der Waals surface area contributed by atoms with Crippen LogP contribution in [0.5, 0.6) is 5.75 Å². The van der Waals surface area contributed by atoms with Gasteiger partial charge in [0.2, 0.25) is 5.91 Å². The van der Waals surface area contributed by atoms with Crippen molar-refractivity contribution < 1.29 is 23.9 Å². The number of methoxy groups -OCH3 is 1. The van der Waals surface area contributed by atoms with Crippen LogP contribution in [0.25, 0.3) is 0 Å². The van der Waals surface area contributed by atoms with Crippen molar-refractivity contribution in [3.05, 3.63) is 23.2 Å². The molecule has 1 N–H and O–H groups in total. The van der Waals surface area contributed by atoms with Crippen LogP contribution in [0.4, 0.5) is 5.69 Å². The fourth-order valence-corrected chi connectivity index (χ4v) is 3.18. The Kier molecular flexibility index (Phi) is 7.29. The molecule has 1 aromatic carbocycles. The van der Waals surface area contributed by atoms with E-state index in [1.54, 1.807) is 23.1 Å². The van der Waals surface area contributed by atoms with Gasteiger partial charge >= 0.3 is 5.97 Å². The van der Waals surface area contributed by atoms with Crippen molar-refractivity contribution in [1.29, 1.82) is 0 Å². The molecule has 154 valence electrons. The molecular formula is C20H27ClN2O5. The van der Waals surface area contributed by atoms with E-state index in [9.17, 15) is 14.4 Å². The fourth-order valence-electron chi connectivity index (χ4n) is 3.01. The number of nitrogens with zero attached hydrogens (tertiary/aromatic N) is 1. The van der Waals surface area contributed by atoms with Crippen LogP contribution >= 0.6 is 11.6 Å². The molecule has 0 radical (unpaired) electrons. The molecule has 2 rings (SSSR count). The molecule has 0 saturated carbocycles. The molecule has 1 saturated heterocycles. The number of piperidine rings is 1. The Morgan fingerprint density at radius 2 is 1.86 bits per heavy atom. The van der Waals surface area contributed by atoms with Crippen molar-refractivity contribution in [2.24, 2.45) is 11.3 Å². The Morgan fingerprint density at radius 1 is 1.21 bits per heavy atom. The van der Waals surface area contributed by atoms with Gasteiger partial charge in [0.1, 0.15) is 5.75 Å². The SMILES string of the molecule is COc1ccc(Cl)cc1NC(=O)COC(=O)C1CCN(C(=O)C(C)(C)C)CC1. The number of halogens is 1. The van der Waals surface area contributed by atoms with Gasteiger partial charge in [0.05, 0.1) is 18.7 Å². The molecule has 1 aromatic rings. The van der Waals surface area contributed by atoms with Crippen LogP contribution in [0.3, 0.4) is 0 Å². The number of carbonyl (C=O) groups is 3. The molecule has 8 heteroatoms. The minimum Gasteiger partial charge on any atom is -0.495 e. The van der Waals surface area contributed by atoms with Gasteiger partial charge in [-0.15, -0.1) is 0 Å². The van der Waals surface area contributed by atoms with E-state index in [-0.39, 0.29) is 11.8 Å². The van der Waals surface area contributed by atoms with Crippen molar-refractivity contribution in [3.63, 3.8) is 0 Å². The number of hydrogen-bond acceptors (Lipinski definition) is 5. The van der Waals surface area contributed by atoms with E-state index in [1.165, 1.54) is 7.11 Å². The number of likely N-dealkylation sites (tertiary alicyclic amines) is 1. The highest BCUT2D eigenvalue weighted by Crippen LogP contribution is 2.28. The van der Waals surface area contributed by atoms with E-state index in [2.05, 4.69) is 5.32 Å². The summed E-state index contributed by atoms with van der Waals surface area (Å²) in [7, 11) is 1.48. The van der Waals surface area contributed by atoms with E-state index in [0.717, 1.165) is 0 Å². The summed E-state index contributed by atoms with van der Waals surface area (Å²) >= 11 is 5.93. The predicted octanol–water partition coefficient (Wildman–Crippen LogP) is 3.12. The summed E-state index contributed by atoms with van der Waals surface area (Å²) in [5, 5.41) is 3.07. The van der Waals surface area contributed by atoms with Crippen molar-refractivity contribution >= 4 is 35.1 Å².